The predicted octanol–water partition coefficient (Wildman–Crippen LogP) is 3.96. The number of methoxy groups -OCH3 is 1. The average Bonchev–Trinajstić information content (AvgIpc) is 3.52. The molecule has 0 aromatic heterocycles. The van der Waals surface area contributed by atoms with Gasteiger partial charge in [0.2, 0.25) is 5.91 Å². The summed E-state index contributed by atoms with van der Waals surface area (Å²) in [7, 11) is 1.68. The Balaban J connectivity index is 1.51. The fraction of sp³-hybridized carbons (Fsp3) is 0.261. The maximum Gasteiger partial charge on any atom is 0.241 e. The van der Waals surface area contributed by atoms with Gasteiger partial charge in [0.25, 0.3) is 0 Å². The van der Waals surface area contributed by atoms with Gasteiger partial charge in [-0.3, -0.25) is 10.1 Å². The van der Waals surface area contributed by atoms with E-state index in [0.29, 0.717) is 12.6 Å². The van der Waals surface area contributed by atoms with E-state index in [0.717, 1.165) is 40.5 Å². The van der Waals surface area contributed by atoms with Crippen LogP contribution in [-0.2, 0) is 11.3 Å². The molecule has 0 aliphatic heterocycles. The molecule has 1 saturated carbocycles. The van der Waals surface area contributed by atoms with E-state index in [4.69, 9.17) is 4.74 Å². The second kappa shape index (κ2) is 7.80. The SMILES string of the molecule is COc1ccc2cc(CN[C@@H](C(=O)NC3CC3)c3ccccc3)ccc2c1. The topological polar surface area (TPSA) is 50.4 Å². The van der Waals surface area contributed by atoms with Crippen LogP contribution in [0.5, 0.6) is 5.75 Å². The van der Waals surface area contributed by atoms with Gasteiger partial charge in [-0.05, 0) is 52.9 Å². The van der Waals surface area contributed by atoms with Gasteiger partial charge in [0.1, 0.15) is 11.8 Å². The highest BCUT2D eigenvalue weighted by molar-refractivity contribution is 5.85. The largest absolute Gasteiger partial charge is 0.497 e. The minimum Gasteiger partial charge on any atom is -0.497 e. The molecular weight excluding hydrogens is 336 g/mol. The standard InChI is InChI=1S/C23H24N2O2/c1-27-21-12-9-18-13-16(7-8-19(18)14-21)15-24-22(17-5-3-2-4-6-17)23(26)25-20-10-11-20/h2-9,12-14,20,22,24H,10-11,15H2,1H3,(H,25,26)/t22-/m1/s1. The molecule has 1 atom stereocenters. The average molecular weight is 360 g/mol. The first-order chi connectivity index (χ1) is 13.2. The molecule has 0 bridgehead atoms. The zero-order valence-corrected chi connectivity index (χ0v) is 15.4. The summed E-state index contributed by atoms with van der Waals surface area (Å²) in [6.45, 7) is 0.625. The first-order valence-electron chi connectivity index (χ1n) is 9.38. The van der Waals surface area contributed by atoms with Gasteiger partial charge in [0.15, 0.2) is 0 Å². The molecule has 4 heteroatoms. The van der Waals surface area contributed by atoms with Crippen LogP contribution in [0.15, 0.2) is 66.7 Å². The first-order valence-corrected chi connectivity index (χ1v) is 9.38. The van der Waals surface area contributed by atoms with Crippen LogP contribution in [-0.4, -0.2) is 19.1 Å². The van der Waals surface area contributed by atoms with Crippen molar-refractivity contribution in [3.8, 4) is 5.75 Å². The van der Waals surface area contributed by atoms with E-state index >= 15 is 0 Å². The summed E-state index contributed by atoms with van der Waals surface area (Å²) in [5.41, 5.74) is 2.13. The third-order valence-electron chi connectivity index (χ3n) is 4.94. The van der Waals surface area contributed by atoms with Gasteiger partial charge in [-0.25, -0.2) is 0 Å². The number of fused-ring (bicyclic) bond motifs is 1. The molecule has 27 heavy (non-hydrogen) atoms. The number of amides is 1. The quantitative estimate of drug-likeness (QED) is 0.671. The van der Waals surface area contributed by atoms with E-state index in [9.17, 15) is 4.79 Å². The van der Waals surface area contributed by atoms with Crippen molar-refractivity contribution in [2.24, 2.45) is 0 Å². The molecule has 1 aliphatic carbocycles. The Labute approximate surface area is 159 Å². The van der Waals surface area contributed by atoms with Crippen LogP contribution in [0.1, 0.15) is 30.0 Å². The summed E-state index contributed by atoms with van der Waals surface area (Å²) in [5, 5.41) is 8.86. The molecule has 0 heterocycles. The van der Waals surface area contributed by atoms with E-state index in [1.165, 1.54) is 0 Å². The third kappa shape index (κ3) is 4.29. The highest BCUT2D eigenvalue weighted by Gasteiger charge is 2.28. The molecule has 0 saturated heterocycles. The van der Waals surface area contributed by atoms with E-state index in [1.807, 2.05) is 42.5 Å². The van der Waals surface area contributed by atoms with Gasteiger partial charge in [0, 0.05) is 12.6 Å². The first kappa shape index (κ1) is 17.6. The third-order valence-corrected chi connectivity index (χ3v) is 4.94. The lowest BCUT2D eigenvalue weighted by Crippen LogP contribution is -2.38. The van der Waals surface area contributed by atoms with Gasteiger partial charge in [-0.1, -0.05) is 48.5 Å². The lowest BCUT2D eigenvalue weighted by atomic mass is 10.0. The molecule has 2 N–H and O–H groups in total. The molecule has 3 aromatic carbocycles. The van der Waals surface area contributed by atoms with Crippen molar-refractivity contribution in [1.82, 2.24) is 10.6 Å². The zero-order valence-electron chi connectivity index (χ0n) is 15.4. The van der Waals surface area contributed by atoms with Gasteiger partial charge in [0.05, 0.1) is 7.11 Å². The monoisotopic (exact) mass is 360 g/mol. The van der Waals surface area contributed by atoms with Gasteiger partial charge >= 0.3 is 0 Å². The maximum atomic E-state index is 12.7. The Morgan fingerprint density at radius 3 is 2.52 bits per heavy atom. The lowest BCUT2D eigenvalue weighted by molar-refractivity contribution is -0.123. The number of rotatable bonds is 7. The summed E-state index contributed by atoms with van der Waals surface area (Å²) < 4.78 is 5.29. The molecule has 4 nitrogen and oxygen atoms in total. The molecule has 1 aliphatic rings. The lowest BCUT2D eigenvalue weighted by Gasteiger charge is -2.19. The van der Waals surface area contributed by atoms with E-state index < -0.39 is 0 Å². The maximum absolute atomic E-state index is 12.7. The minimum absolute atomic E-state index is 0.0502. The van der Waals surface area contributed by atoms with Crippen molar-refractivity contribution < 1.29 is 9.53 Å². The van der Waals surface area contributed by atoms with Crippen molar-refractivity contribution in [3.63, 3.8) is 0 Å². The fourth-order valence-electron chi connectivity index (χ4n) is 3.25. The number of benzene rings is 3. The fourth-order valence-corrected chi connectivity index (χ4v) is 3.25. The molecule has 1 amide bonds. The van der Waals surface area contributed by atoms with E-state index in [1.54, 1.807) is 7.11 Å². The number of hydrogen-bond acceptors (Lipinski definition) is 3. The summed E-state index contributed by atoms with van der Waals surface area (Å²) in [6, 6.07) is 22.3. The second-order valence-corrected chi connectivity index (χ2v) is 7.05. The van der Waals surface area contributed by atoms with Crippen LogP contribution < -0.4 is 15.4 Å². The second-order valence-electron chi connectivity index (χ2n) is 7.05. The van der Waals surface area contributed by atoms with Crippen molar-refractivity contribution in [3.05, 3.63) is 77.9 Å². The van der Waals surface area contributed by atoms with Gasteiger partial charge in [-0.15, -0.1) is 0 Å². The Morgan fingerprint density at radius 2 is 1.78 bits per heavy atom. The minimum atomic E-state index is -0.349. The molecule has 0 radical (unpaired) electrons. The number of carbonyl (C=O) groups is 1. The van der Waals surface area contributed by atoms with Crippen LogP contribution in [0.4, 0.5) is 0 Å². The number of carbonyl (C=O) groups excluding carboxylic acids is 1. The Hall–Kier alpha value is -2.85. The van der Waals surface area contributed by atoms with E-state index in [2.05, 4.69) is 34.9 Å². The Bertz CT molecular complexity index is 936. The molecule has 4 rings (SSSR count). The van der Waals surface area contributed by atoms with Crippen molar-refractivity contribution in [1.29, 1.82) is 0 Å². The van der Waals surface area contributed by atoms with Crippen LogP contribution in [0, 0.1) is 0 Å². The smallest absolute Gasteiger partial charge is 0.241 e. The van der Waals surface area contributed by atoms with E-state index in [-0.39, 0.29) is 11.9 Å². The van der Waals surface area contributed by atoms with Crippen molar-refractivity contribution in [2.75, 3.05) is 7.11 Å². The number of ether oxygens (including phenoxy) is 1. The summed E-state index contributed by atoms with van der Waals surface area (Å²) in [6.07, 6.45) is 2.17. The Morgan fingerprint density at radius 1 is 1.04 bits per heavy atom. The molecule has 1 fully saturated rings. The molecule has 3 aromatic rings. The van der Waals surface area contributed by atoms with Crippen LogP contribution in [0.3, 0.4) is 0 Å². The van der Waals surface area contributed by atoms with Gasteiger partial charge < -0.3 is 10.1 Å². The Kier molecular flexibility index (Phi) is 5.07. The van der Waals surface area contributed by atoms with Crippen LogP contribution in [0.25, 0.3) is 10.8 Å². The predicted molar refractivity (Wildman–Crippen MR) is 108 cm³/mol. The molecule has 0 spiro atoms. The molecule has 0 unspecified atom stereocenters. The summed E-state index contributed by atoms with van der Waals surface area (Å²) in [4.78, 5) is 12.7. The van der Waals surface area contributed by atoms with Crippen molar-refractivity contribution in [2.45, 2.75) is 31.5 Å². The molecular formula is C23H24N2O2. The number of hydrogen-bond donors (Lipinski definition) is 2. The summed E-state index contributed by atoms with van der Waals surface area (Å²) in [5.74, 6) is 0.906. The highest BCUT2D eigenvalue weighted by Crippen LogP contribution is 2.23. The van der Waals surface area contributed by atoms with Crippen LogP contribution >= 0.6 is 0 Å². The summed E-state index contributed by atoms with van der Waals surface area (Å²) >= 11 is 0. The number of nitrogens with one attached hydrogen (secondary N) is 2. The van der Waals surface area contributed by atoms with Gasteiger partial charge in [-0.2, -0.15) is 0 Å². The van der Waals surface area contributed by atoms with Crippen molar-refractivity contribution >= 4 is 16.7 Å². The highest BCUT2D eigenvalue weighted by atomic mass is 16.5. The van der Waals surface area contributed by atoms with Crippen LogP contribution in [0.2, 0.25) is 0 Å². The normalized spacial score (nSPS) is 14.7. The zero-order chi connectivity index (χ0) is 18.6. The molecule has 138 valence electrons.